The second kappa shape index (κ2) is 5.69. The average Bonchev–Trinajstić information content (AvgIpc) is 2.38. The highest BCUT2D eigenvalue weighted by molar-refractivity contribution is 5.73. The van der Waals surface area contributed by atoms with Crippen molar-refractivity contribution in [3.8, 4) is 11.3 Å². The number of aromatic nitrogens is 2. The maximum atomic E-state index is 10.8. The van der Waals surface area contributed by atoms with Crippen LogP contribution in [0.5, 0.6) is 0 Å². The summed E-state index contributed by atoms with van der Waals surface area (Å²) in [4.78, 5) is 21.1. The molecule has 0 bridgehead atoms. The zero-order valence-electron chi connectivity index (χ0n) is 11.8. The molecule has 0 saturated carbocycles. The monoisotopic (exact) mass is 271 g/mol. The summed E-state index contributed by atoms with van der Waals surface area (Å²) >= 11 is 0. The largest absolute Gasteiger partial charge is 0.480 e. The van der Waals surface area contributed by atoms with E-state index in [1.807, 2.05) is 31.2 Å². The number of aryl methyl sites for hydroxylation is 2. The minimum absolute atomic E-state index is 0.0935. The van der Waals surface area contributed by atoms with Crippen molar-refractivity contribution < 1.29 is 9.90 Å². The van der Waals surface area contributed by atoms with Crippen molar-refractivity contribution in [1.82, 2.24) is 9.97 Å². The van der Waals surface area contributed by atoms with Gasteiger partial charge in [0, 0.05) is 18.7 Å². The Balaban J connectivity index is 2.38. The molecule has 5 nitrogen and oxygen atoms in total. The van der Waals surface area contributed by atoms with Crippen LogP contribution in [0.15, 0.2) is 30.3 Å². The van der Waals surface area contributed by atoms with Gasteiger partial charge in [-0.2, -0.15) is 0 Å². The zero-order valence-corrected chi connectivity index (χ0v) is 11.8. The molecule has 0 spiro atoms. The molecule has 1 N–H and O–H groups in total. The van der Waals surface area contributed by atoms with Crippen molar-refractivity contribution in [1.29, 1.82) is 0 Å². The number of hydrogen-bond donors (Lipinski definition) is 1. The van der Waals surface area contributed by atoms with E-state index in [-0.39, 0.29) is 6.54 Å². The summed E-state index contributed by atoms with van der Waals surface area (Å²) in [5.41, 5.74) is 2.97. The molecule has 0 aliphatic rings. The molecule has 0 radical (unpaired) electrons. The Morgan fingerprint density at radius 1 is 1.20 bits per heavy atom. The first-order valence-electron chi connectivity index (χ1n) is 6.31. The Kier molecular flexibility index (Phi) is 3.98. The summed E-state index contributed by atoms with van der Waals surface area (Å²) in [7, 11) is 1.70. The lowest BCUT2D eigenvalue weighted by Gasteiger charge is -2.16. The molecule has 0 fully saturated rings. The van der Waals surface area contributed by atoms with Crippen molar-refractivity contribution in [3.05, 3.63) is 41.7 Å². The van der Waals surface area contributed by atoms with Gasteiger partial charge in [0.2, 0.25) is 0 Å². The number of likely N-dealkylation sites (N-methyl/N-ethyl adjacent to an activating group) is 1. The number of carbonyl (C=O) groups is 1. The van der Waals surface area contributed by atoms with Crippen molar-refractivity contribution in [3.63, 3.8) is 0 Å². The topological polar surface area (TPSA) is 66.3 Å². The fourth-order valence-electron chi connectivity index (χ4n) is 1.90. The molecule has 2 aromatic rings. The van der Waals surface area contributed by atoms with E-state index >= 15 is 0 Å². The summed E-state index contributed by atoms with van der Waals surface area (Å²) in [6.45, 7) is 3.74. The van der Waals surface area contributed by atoms with Crippen molar-refractivity contribution in [2.75, 3.05) is 18.5 Å². The third-order valence-corrected chi connectivity index (χ3v) is 2.94. The van der Waals surface area contributed by atoms with Crippen LogP contribution in [0.1, 0.15) is 11.4 Å². The SMILES string of the molecule is Cc1ccc(-c2cc(N(C)CC(=O)O)nc(C)n2)cc1. The van der Waals surface area contributed by atoms with E-state index in [1.165, 1.54) is 5.56 Å². The van der Waals surface area contributed by atoms with Crippen LogP contribution >= 0.6 is 0 Å². The van der Waals surface area contributed by atoms with E-state index in [2.05, 4.69) is 9.97 Å². The predicted octanol–water partition coefficient (Wildman–Crippen LogP) is 2.28. The van der Waals surface area contributed by atoms with Crippen LogP contribution in [0.2, 0.25) is 0 Å². The van der Waals surface area contributed by atoms with E-state index in [0.717, 1.165) is 11.3 Å². The van der Waals surface area contributed by atoms with Crippen molar-refractivity contribution in [2.45, 2.75) is 13.8 Å². The highest BCUT2D eigenvalue weighted by Crippen LogP contribution is 2.21. The van der Waals surface area contributed by atoms with E-state index in [4.69, 9.17) is 5.11 Å². The fraction of sp³-hybridized carbons (Fsp3) is 0.267. The highest BCUT2D eigenvalue weighted by Gasteiger charge is 2.10. The van der Waals surface area contributed by atoms with E-state index in [0.29, 0.717) is 11.6 Å². The van der Waals surface area contributed by atoms with Gasteiger partial charge < -0.3 is 10.0 Å². The number of carboxylic acids is 1. The first-order valence-corrected chi connectivity index (χ1v) is 6.31. The van der Waals surface area contributed by atoms with Crippen LogP contribution in [0.3, 0.4) is 0 Å². The summed E-state index contributed by atoms with van der Waals surface area (Å²) in [6, 6.07) is 9.84. The minimum atomic E-state index is -0.888. The maximum absolute atomic E-state index is 10.8. The Labute approximate surface area is 117 Å². The van der Waals surface area contributed by atoms with E-state index in [9.17, 15) is 4.79 Å². The van der Waals surface area contributed by atoms with E-state index < -0.39 is 5.97 Å². The zero-order chi connectivity index (χ0) is 14.7. The average molecular weight is 271 g/mol. The number of benzene rings is 1. The number of nitrogens with zero attached hydrogens (tertiary/aromatic N) is 3. The van der Waals surface area contributed by atoms with Crippen LogP contribution in [0.4, 0.5) is 5.82 Å². The van der Waals surface area contributed by atoms with Gasteiger partial charge in [0.05, 0.1) is 5.69 Å². The van der Waals surface area contributed by atoms with Gasteiger partial charge in [-0.15, -0.1) is 0 Å². The highest BCUT2D eigenvalue weighted by atomic mass is 16.4. The number of carboxylic acid groups (broad SMARTS) is 1. The summed E-state index contributed by atoms with van der Waals surface area (Å²) in [6.07, 6.45) is 0. The molecule has 104 valence electrons. The number of hydrogen-bond acceptors (Lipinski definition) is 4. The summed E-state index contributed by atoms with van der Waals surface area (Å²) < 4.78 is 0. The van der Waals surface area contributed by atoms with Gasteiger partial charge in [0.15, 0.2) is 0 Å². The molecular formula is C15H17N3O2. The third kappa shape index (κ3) is 3.32. The number of anilines is 1. The van der Waals surface area contributed by atoms with Gasteiger partial charge >= 0.3 is 5.97 Å². The van der Waals surface area contributed by atoms with Gasteiger partial charge in [0.25, 0.3) is 0 Å². The second-order valence-electron chi connectivity index (χ2n) is 4.77. The van der Waals surface area contributed by atoms with Crippen molar-refractivity contribution in [2.24, 2.45) is 0 Å². The third-order valence-electron chi connectivity index (χ3n) is 2.94. The minimum Gasteiger partial charge on any atom is -0.480 e. The van der Waals surface area contributed by atoms with Gasteiger partial charge in [-0.05, 0) is 13.8 Å². The molecule has 0 aliphatic carbocycles. The molecule has 1 heterocycles. The molecular weight excluding hydrogens is 254 g/mol. The van der Waals surface area contributed by atoms with Gasteiger partial charge in [-0.25, -0.2) is 9.97 Å². The molecule has 1 aromatic heterocycles. The Bertz CT molecular complexity index is 624. The lowest BCUT2D eigenvalue weighted by molar-refractivity contribution is -0.135. The lowest BCUT2D eigenvalue weighted by Crippen LogP contribution is -2.26. The summed E-state index contributed by atoms with van der Waals surface area (Å²) in [5.74, 6) is 0.339. The fourth-order valence-corrected chi connectivity index (χ4v) is 1.90. The predicted molar refractivity (Wildman–Crippen MR) is 77.8 cm³/mol. The van der Waals surface area contributed by atoms with Crippen LogP contribution < -0.4 is 4.90 Å². The van der Waals surface area contributed by atoms with Crippen LogP contribution in [-0.4, -0.2) is 34.6 Å². The first-order chi connectivity index (χ1) is 9.45. The van der Waals surface area contributed by atoms with Crippen LogP contribution in [0, 0.1) is 13.8 Å². The smallest absolute Gasteiger partial charge is 0.323 e. The molecule has 0 aliphatic heterocycles. The molecule has 5 heteroatoms. The van der Waals surface area contributed by atoms with E-state index in [1.54, 1.807) is 24.9 Å². The normalized spacial score (nSPS) is 10.3. The van der Waals surface area contributed by atoms with Gasteiger partial charge in [-0.1, -0.05) is 29.8 Å². The molecule has 0 saturated heterocycles. The number of rotatable bonds is 4. The Hall–Kier alpha value is -2.43. The Morgan fingerprint density at radius 2 is 1.85 bits per heavy atom. The summed E-state index contributed by atoms with van der Waals surface area (Å²) in [5, 5.41) is 8.85. The molecule has 1 aromatic carbocycles. The number of aliphatic carboxylic acids is 1. The van der Waals surface area contributed by atoms with Gasteiger partial charge in [-0.3, -0.25) is 4.79 Å². The van der Waals surface area contributed by atoms with Gasteiger partial charge in [0.1, 0.15) is 18.2 Å². The van der Waals surface area contributed by atoms with Crippen LogP contribution in [-0.2, 0) is 4.79 Å². The lowest BCUT2D eigenvalue weighted by atomic mass is 10.1. The maximum Gasteiger partial charge on any atom is 0.323 e. The first kappa shape index (κ1) is 14.0. The quantitative estimate of drug-likeness (QED) is 0.924. The van der Waals surface area contributed by atoms with Crippen molar-refractivity contribution >= 4 is 11.8 Å². The molecule has 0 unspecified atom stereocenters. The Morgan fingerprint density at radius 3 is 2.45 bits per heavy atom. The molecule has 0 amide bonds. The molecule has 20 heavy (non-hydrogen) atoms. The standard InChI is InChI=1S/C15H17N3O2/c1-10-4-6-12(7-5-10)13-8-14(17-11(2)16-13)18(3)9-15(19)20/h4-8H,9H2,1-3H3,(H,19,20). The molecule has 2 rings (SSSR count). The van der Waals surface area contributed by atoms with Crippen LogP contribution in [0.25, 0.3) is 11.3 Å². The molecule has 0 atom stereocenters. The second-order valence-corrected chi connectivity index (χ2v) is 4.77.